The molecule has 2 N–H and O–H groups in total. The highest BCUT2D eigenvalue weighted by atomic mass is 32.2. The van der Waals surface area contributed by atoms with Crippen LogP contribution in [0.5, 0.6) is 0 Å². The maximum atomic E-state index is 5.69. The minimum absolute atomic E-state index is 0.779. The molecule has 0 saturated carbocycles. The maximum absolute atomic E-state index is 5.69. The van der Waals surface area contributed by atoms with Crippen LogP contribution in [-0.2, 0) is 0 Å². The van der Waals surface area contributed by atoms with Gasteiger partial charge in [0, 0.05) is 23.6 Å². The van der Waals surface area contributed by atoms with Crippen LogP contribution in [0.15, 0.2) is 0 Å². The summed E-state index contributed by atoms with van der Waals surface area (Å²) in [5, 5.41) is 0.877. The number of hydrogen-bond acceptors (Lipinski definition) is 3. The van der Waals surface area contributed by atoms with Gasteiger partial charge in [-0.3, -0.25) is 4.90 Å². The van der Waals surface area contributed by atoms with E-state index in [0.29, 0.717) is 0 Å². The Labute approximate surface area is 85.2 Å². The summed E-state index contributed by atoms with van der Waals surface area (Å²) in [5.41, 5.74) is 5.69. The molecule has 3 heteroatoms. The van der Waals surface area contributed by atoms with E-state index in [-0.39, 0.29) is 0 Å². The number of thioether (sulfide) groups is 1. The highest BCUT2D eigenvalue weighted by molar-refractivity contribution is 8.00. The molecule has 0 aromatic rings. The molecule has 0 spiro atoms. The van der Waals surface area contributed by atoms with Gasteiger partial charge in [-0.25, -0.2) is 0 Å². The molecule has 0 amide bonds. The van der Waals surface area contributed by atoms with Gasteiger partial charge in [0.05, 0.1) is 0 Å². The summed E-state index contributed by atoms with van der Waals surface area (Å²) in [6.07, 6.45) is 2.72. The van der Waals surface area contributed by atoms with Crippen molar-refractivity contribution in [1.82, 2.24) is 4.90 Å². The zero-order valence-electron chi connectivity index (χ0n) is 8.41. The zero-order chi connectivity index (χ0) is 9.26. The summed E-state index contributed by atoms with van der Waals surface area (Å²) in [6, 6.07) is 0.858. The lowest BCUT2D eigenvalue weighted by Crippen LogP contribution is -2.34. The zero-order valence-corrected chi connectivity index (χ0v) is 9.22. The topological polar surface area (TPSA) is 29.3 Å². The molecule has 2 fully saturated rings. The Hall–Kier alpha value is 0.270. The van der Waals surface area contributed by atoms with Crippen LogP contribution in [0.4, 0.5) is 0 Å². The van der Waals surface area contributed by atoms with Crippen molar-refractivity contribution < 1.29 is 0 Å². The smallest absolute Gasteiger partial charge is 0.0197 e. The van der Waals surface area contributed by atoms with E-state index in [9.17, 15) is 0 Å². The lowest BCUT2D eigenvalue weighted by molar-refractivity contribution is 0.250. The van der Waals surface area contributed by atoms with Crippen LogP contribution >= 0.6 is 11.8 Å². The summed E-state index contributed by atoms with van der Waals surface area (Å²) >= 11 is 2.13. The first kappa shape index (κ1) is 9.81. The number of rotatable bonds is 2. The average Bonchev–Trinajstić information content (AvgIpc) is 2.71. The summed E-state index contributed by atoms with van der Waals surface area (Å²) in [7, 11) is 0. The van der Waals surface area contributed by atoms with E-state index >= 15 is 0 Å². The van der Waals surface area contributed by atoms with Crippen molar-refractivity contribution in [3.8, 4) is 0 Å². The minimum atomic E-state index is 0.779. The Bertz CT molecular complexity index is 174. The van der Waals surface area contributed by atoms with Gasteiger partial charge in [0.15, 0.2) is 0 Å². The van der Waals surface area contributed by atoms with Gasteiger partial charge in [-0.15, -0.1) is 0 Å². The highest BCUT2D eigenvalue weighted by Gasteiger charge is 2.31. The van der Waals surface area contributed by atoms with Gasteiger partial charge in [-0.05, 0) is 31.8 Å². The van der Waals surface area contributed by atoms with E-state index in [2.05, 4.69) is 23.6 Å². The molecule has 3 unspecified atom stereocenters. The SMILES string of the molecule is CC1CC(N2CCC(CN)C2)CS1. The van der Waals surface area contributed by atoms with E-state index in [4.69, 9.17) is 5.73 Å². The minimum Gasteiger partial charge on any atom is -0.330 e. The van der Waals surface area contributed by atoms with Crippen LogP contribution in [0.25, 0.3) is 0 Å². The van der Waals surface area contributed by atoms with Crippen LogP contribution < -0.4 is 5.73 Å². The van der Waals surface area contributed by atoms with Crippen LogP contribution in [0, 0.1) is 5.92 Å². The Balaban J connectivity index is 1.82. The van der Waals surface area contributed by atoms with E-state index in [1.54, 1.807) is 0 Å². The lowest BCUT2D eigenvalue weighted by Gasteiger charge is -2.22. The van der Waals surface area contributed by atoms with Crippen molar-refractivity contribution in [2.45, 2.75) is 31.1 Å². The Morgan fingerprint density at radius 3 is 2.92 bits per heavy atom. The molecular formula is C10H20N2S. The van der Waals surface area contributed by atoms with Crippen molar-refractivity contribution >= 4 is 11.8 Å². The summed E-state index contributed by atoms with van der Waals surface area (Å²) in [6.45, 7) is 5.78. The second kappa shape index (κ2) is 4.20. The van der Waals surface area contributed by atoms with Gasteiger partial charge >= 0.3 is 0 Å². The first-order valence-electron chi connectivity index (χ1n) is 5.35. The molecule has 0 bridgehead atoms. The first-order chi connectivity index (χ1) is 6.29. The number of likely N-dealkylation sites (tertiary alicyclic amines) is 1. The van der Waals surface area contributed by atoms with Gasteiger partial charge < -0.3 is 5.73 Å². The fourth-order valence-corrected chi connectivity index (χ4v) is 3.69. The molecular weight excluding hydrogens is 180 g/mol. The van der Waals surface area contributed by atoms with Crippen molar-refractivity contribution in [3.63, 3.8) is 0 Å². The molecule has 2 nitrogen and oxygen atoms in total. The Morgan fingerprint density at radius 1 is 1.54 bits per heavy atom. The van der Waals surface area contributed by atoms with Crippen molar-refractivity contribution in [2.24, 2.45) is 11.7 Å². The van der Waals surface area contributed by atoms with E-state index in [1.165, 1.54) is 31.7 Å². The van der Waals surface area contributed by atoms with E-state index in [1.807, 2.05) is 0 Å². The van der Waals surface area contributed by atoms with Gasteiger partial charge in [0.1, 0.15) is 0 Å². The predicted octanol–water partition coefficient (Wildman–Crippen LogP) is 1.16. The molecule has 0 radical (unpaired) electrons. The number of nitrogens with zero attached hydrogens (tertiary/aromatic N) is 1. The van der Waals surface area contributed by atoms with Crippen LogP contribution in [0.1, 0.15) is 19.8 Å². The molecule has 3 atom stereocenters. The normalized spacial score (nSPS) is 41.5. The average molecular weight is 200 g/mol. The number of nitrogens with two attached hydrogens (primary N) is 1. The predicted molar refractivity (Wildman–Crippen MR) is 59.1 cm³/mol. The van der Waals surface area contributed by atoms with Crippen LogP contribution in [0.3, 0.4) is 0 Å². The van der Waals surface area contributed by atoms with Crippen molar-refractivity contribution in [2.75, 3.05) is 25.4 Å². The van der Waals surface area contributed by atoms with Crippen molar-refractivity contribution in [1.29, 1.82) is 0 Å². The molecule has 13 heavy (non-hydrogen) atoms. The Morgan fingerprint density at radius 2 is 2.38 bits per heavy atom. The molecule has 2 saturated heterocycles. The fourth-order valence-electron chi connectivity index (χ4n) is 2.44. The number of hydrogen-bond donors (Lipinski definition) is 1. The standard InChI is InChI=1S/C10H20N2S/c1-8-4-10(7-13-8)12-3-2-9(5-11)6-12/h8-10H,2-7,11H2,1H3. The van der Waals surface area contributed by atoms with E-state index < -0.39 is 0 Å². The Kier molecular flexibility index (Phi) is 3.17. The van der Waals surface area contributed by atoms with Gasteiger partial charge in [-0.1, -0.05) is 6.92 Å². The van der Waals surface area contributed by atoms with Crippen molar-refractivity contribution in [3.05, 3.63) is 0 Å². The third kappa shape index (κ3) is 2.20. The summed E-state index contributed by atoms with van der Waals surface area (Å²) < 4.78 is 0. The molecule has 0 aromatic heterocycles. The monoisotopic (exact) mass is 200 g/mol. The molecule has 2 heterocycles. The van der Waals surface area contributed by atoms with Gasteiger partial charge in [0.25, 0.3) is 0 Å². The summed E-state index contributed by atoms with van der Waals surface area (Å²) in [5.74, 6) is 2.12. The van der Waals surface area contributed by atoms with Crippen LogP contribution in [0.2, 0.25) is 0 Å². The second-order valence-electron chi connectivity index (χ2n) is 4.42. The lowest BCUT2D eigenvalue weighted by atomic mass is 10.1. The fraction of sp³-hybridized carbons (Fsp3) is 1.00. The third-order valence-electron chi connectivity index (χ3n) is 3.34. The second-order valence-corrected chi connectivity index (χ2v) is 5.89. The molecule has 0 aromatic carbocycles. The third-order valence-corrected chi connectivity index (χ3v) is 4.68. The largest absolute Gasteiger partial charge is 0.330 e. The van der Waals surface area contributed by atoms with Crippen LogP contribution in [-0.4, -0.2) is 41.6 Å². The van der Waals surface area contributed by atoms with Gasteiger partial charge in [-0.2, -0.15) is 11.8 Å². The molecule has 76 valence electrons. The molecule has 0 aliphatic carbocycles. The molecule has 2 rings (SSSR count). The van der Waals surface area contributed by atoms with Gasteiger partial charge in [0.2, 0.25) is 0 Å². The maximum Gasteiger partial charge on any atom is 0.0197 e. The highest BCUT2D eigenvalue weighted by Crippen LogP contribution is 2.32. The quantitative estimate of drug-likeness (QED) is 0.725. The summed E-state index contributed by atoms with van der Waals surface area (Å²) in [4.78, 5) is 2.66. The molecule has 2 aliphatic heterocycles. The first-order valence-corrected chi connectivity index (χ1v) is 6.40. The van der Waals surface area contributed by atoms with E-state index in [0.717, 1.165) is 23.8 Å². The molecule has 2 aliphatic rings.